The zero-order valence-corrected chi connectivity index (χ0v) is 28.3. The van der Waals surface area contributed by atoms with Crippen molar-refractivity contribution >= 4 is 28.8 Å². The molecule has 6 rings (SSSR count). The molecule has 0 bridgehead atoms. The number of nitrogens with zero attached hydrogens (tertiary/aromatic N) is 4. The summed E-state index contributed by atoms with van der Waals surface area (Å²) in [5.41, 5.74) is 7.73. The average Bonchev–Trinajstić information content (AvgIpc) is 3.74. The van der Waals surface area contributed by atoms with Crippen LogP contribution in [0.2, 0.25) is 0 Å². The van der Waals surface area contributed by atoms with Gasteiger partial charge in [-0.2, -0.15) is 13.2 Å². The highest BCUT2D eigenvalue weighted by Gasteiger charge is 2.48. The van der Waals surface area contributed by atoms with Gasteiger partial charge < -0.3 is 40.4 Å². The number of imidazole rings is 1. The second-order valence-electron chi connectivity index (χ2n) is 12.0. The summed E-state index contributed by atoms with van der Waals surface area (Å²) in [6.45, 7) is -1.57. The maximum atomic E-state index is 12.7. The standard InChI is InChI=1S/C36H36F3N7O7/c1-50-25-14-12-24(13-15-25)35(22-8-4-2-5-9-22,23-10-6-3-7-11-23)52-18-26-29(48)30(51-19-27(47)41-16-17-42-34(49)36(37,38)39)33(53-26)46-21-45-28-31(40)43-20-44-32(28)46/h2-15,20-21,26,29-30,33,48H,16-19H2,1H3,(H,41,47)(H,42,49)(H2,40,43,44)/t26-,29-,30-,33-/m1/s1. The Kier molecular flexibility index (Phi) is 11.2. The highest BCUT2D eigenvalue weighted by atomic mass is 19.4. The molecule has 0 spiro atoms. The van der Waals surface area contributed by atoms with Crippen LogP contribution in [0, 0.1) is 0 Å². The zero-order chi connectivity index (χ0) is 37.6. The largest absolute Gasteiger partial charge is 0.497 e. The van der Waals surface area contributed by atoms with Gasteiger partial charge in [0.05, 0.1) is 20.0 Å². The lowest BCUT2D eigenvalue weighted by Crippen LogP contribution is -2.43. The van der Waals surface area contributed by atoms with Crippen molar-refractivity contribution in [3.05, 3.63) is 114 Å². The summed E-state index contributed by atoms with van der Waals surface area (Å²) < 4.78 is 63.6. The summed E-state index contributed by atoms with van der Waals surface area (Å²) >= 11 is 0. The summed E-state index contributed by atoms with van der Waals surface area (Å²) in [7, 11) is 1.58. The molecule has 1 aliphatic rings. The van der Waals surface area contributed by atoms with E-state index >= 15 is 0 Å². The maximum Gasteiger partial charge on any atom is 0.471 e. The van der Waals surface area contributed by atoms with E-state index in [1.165, 1.54) is 17.2 Å². The molecule has 1 fully saturated rings. The number of fused-ring (bicyclic) bond motifs is 1. The molecule has 0 aliphatic carbocycles. The Hall–Kier alpha value is -5.62. The lowest BCUT2D eigenvalue weighted by Gasteiger charge is -2.37. The third kappa shape index (κ3) is 7.92. The molecule has 0 unspecified atom stereocenters. The Morgan fingerprint density at radius 1 is 0.906 bits per heavy atom. The second kappa shape index (κ2) is 16.0. The van der Waals surface area contributed by atoms with Gasteiger partial charge in [-0.05, 0) is 28.8 Å². The van der Waals surface area contributed by atoms with E-state index in [4.69, 9.17) is 24.7 Å². The number of alkyl halides is 3. The molecule has 3 aromatic carbocycles. The quantitative estimate of drug-likeness (QED) is 0.0972. The number of benzene rings is 3. The fourth-order valence-electron chi connectivity index (χ4n) is 6.15. The number of methoxy groups -OCH3 is 1. The summed E-state index contributed by atoms with van der Waals surface area (Å²) in [6.07, 6.45) is -7.12. The van der Waals surface area contributed by atoms with E-state index in [1.54, 1.807) is 12.4 Å². The van der Waals surface area contributed by atoms with Crippen molar-refractivity contribution in [3.8, 4) is 5.75 Å². The van der Waals surface area contributed by atoms with Crippen molar-refractivity contribution in [2.75, 3.05) is 39.1 Å². The number of hydrogen-bond donors (Lipinski definition) is 4. The Labute approximate surface area is 301 Å². The van der Waals surface area contributed by atoms with Gasteiger partial charge in [0.1, 0.15) is 48.1 Å². The van der Waals surface area contributed by atoms with Crippen LogP contribution >= 0.6 is 0 Å². The predicted octanol–water partition coefficient (Wildman–Crippen LogP) is 2.86. The van der Waals surface area contributed by atoms with E-state index in [0.717, 1.165) is 16.7 Å². The Morgan fingerprint density at radius 2 is 1.53 bits per heavy atom. The number of carbonyl (C=O) groups is 2. The minimum absolute atomic E-state index is 0.108. The summed E-state index contributed by atoms with van der Waals surface area (Å²) in [4.78, 5) is 36.3. The van der Waals surface area contributed by atoms with Crippen LogP contribution in [0.4, 0.5) is 19.0 Å². The lowest BCUT2D eigenvalue weighted by molar-refractivity contribution is -0.173. The van der Waals surface area contributed by atoms with Gasteiger partial charge >= 0.3 is 12.1 Å². The van der Waals surface area contributed by atoms with Crippen LogP contribution in [0.5, 0.6) is 5.75 Å². The minimum atomic E-state index is -5.05. The fraction of sp³-hybridized carbons (Fsp3) is 0.306. The van der Waals surface area contributed by atoms with Gasteiger partial charge in [0, 0.05) is 13.1 Å². The molecule has 3 heterocycles. The third-order valence-corrected chi connectivity index (χ3v) is 8.69. The minimum Gasteiger partial charge on any atom is -0.497 e. The van der Waals surface area contributed by atoms with Crippen molar-refractivity contribution < 1.29 is 46.8 Å². The van der Waals surface area contributed by atoms with Gasteiger partial charge in [0.2, 0.25) is 5.91 Å². The molecule has 2 amide bonds. The molecular formula is C36H36F3N7O7. The molecule has 17 heteroatoms. The molecule has 5 N–H and O–H groups in total. The van der Waals surface area contributed by atoms with Crippen LogP contribution in [0.3, 0.4) is 0 Å². The van der Waals surface area contributed by atoms with Crippen LogP contribution in [-0.4, -0.2) is 94.3 Å². The fourth-order valence-corrected chi connectivity index (χ4v) is 6.15. The van der Waals surface area contributed by atoms with Crippen LogP contribution < -0.4 is 21.1 Å². The molecule has 278 valence electrons. The molecule has 14 nitrogen and oxygen atoms in total. The van der Waals surface area contributed by atoms with Crippen molar-refractivity contribution in [2.24, 2.45) is 0 Å². The van der Waals surface area contributed by atoms with Gasteiger partial charge in [-0.15, -0.1) is 0 Å². The van der Waals surface area contributed by atoms with Gasteiger partial charge in [0.25, 0.3) is 0 Å². The number of carbonyl (C=O) groups excluding carboxylic acids is 2. The van der Waals surface area contributed by atoms with Crippen molar-refractivity contribution in [2.45, 2.75) is 36.3 Å². The monoisotopic (exact) mass is 735 g/mol. The Bertz CT molecular complexity index is 1960. The number of aliphatic hydroxyl groups excluding tert-OH is 1. The van der Waals surface area contributed by atoms with Gasteiger partial charge in [0.15, 0.2) is 17.7 Å². The summed E-state index contributed by atoms with van der Waals surface area (Å²) in [5.74, 6) is -2.09. The third-order valence-electron chi connectivity index (χ3n) is 8.69. The summed E-state index contributed by atoms with van der Waals surface area (Å²) in [6, 6.07) is 26.6. The molecule has 2 aromatic heterocycles. The van der Waals surface area contributed by atoms with Crippen LogP contribution in [0.1, 0.15) is 22.9 Å². The van der Waals surface area contributed by atoms with Crippen LogP contribution in [0.25, 0.3) is 11.2 Å². The van der Waals surface area contributed by atoms with Crippen molar-refractivity contribution in [1.29, 1.82) is 0 Å². The van der Waals surface area contributed by atoms with Gasteiger partial charge in [-0.1, -0.05) is 72.8 Å². The molecule has 0 saturated carbocycles. The van der Waals surface area contributed by atoms with Gasteiger partial charge in [-0.3, -0.25) is 14.2 Å². The molecule has 53 heavy (non-hydrogen) atoms. The molecular weight excluding hydrogens is 699 g/mol. The number of amides is 2. The van der Waals surface area contributed by atoms with E-state index in [0.29, 0.717) is 5.75 Å². The number of anilines is 1. The van der Waals surface area contributed by atoms with Crippen LogP contribution in [-0.2, 0) is 29.4 Å². The molecule has 1 saturated heterocycles. The number of rotatable bonds is 14. The van der Waals surface area contributed by atoms with Crippen LogP contribution in [0.15, 0.2) is 97.6 Å². The van der Waals surface area contributed by atoms with E-state index in [2.05, 4.69) is 20.3 Å². The van der Waals surface area contributed by atoms with Gasteiger partial charge in [-0.25, -0.2) is 15.0 Å². The van der Waals surface area contributed by atoms with Crippen molar-refractivity contribution in [1.82, 2.24) is 30.2 Å². The second-order valence-corrected chi connectivity index (χ2v) is 12.0. The SMILES string of the molecule is COc1ccc(C(OC[C@H]2O[C@@H](n3cnc4c(N)ncnc43)[C@H](OCC(=O)NCCNC(=O)C(F)(F)F)[C@@H]2O)(c2ccccc2)c2ccccc2)cc1. The highest BCUT2D eigenvalue weighted by molar-refractivity contribution is 5.82. The zero-order valence-electron chi connectivity index (χ0n) is 28.3. The number of nitrogens with two attached hydrogens (primary N) is 1. The first-order valence-corrected chi connectivity index (χ1v) is 16.4. The lowest BCUT2D eigenvalue weighted by atomic mass is 9.80. The smallest absolute Gasteiger partial charge is 0.471 e. The topological polar surface area (TPSA) is 185 Å². The molecule has 4 atom stereocenters. The molecule has 0 radical (unpaired) electrons. The number of nitrogen functional groups attached to an aromatic ring is 1. The normalized spacial score (nSPS) is 18.9. The first-order valence-electron chi connectivity index (χ1n) is 16.4. The van der Waals surface area contributed by atoms with E-state index in [-0.39, 0.29) is 30.1 Å². The van der Waals surface area contributed by atoms with E-state index < -0.39 is 61.3 Å². The number of ether oxygens (including phenoxy) is 4. The Balaban J connectivity index is 1.28. The highest BCUT2D eigenvalue weighted by Crippen LogP contribution is 2.43. The molecule has 1 aliphatic heterocycles. The Morgan fingerprint density at radius 3 is 2.15 bits per heavy atom. The number of hydrogen-bond acceptors (Lipinski definition) is 11. The van der Waals surface area contributed by atoms with E-state index in [9.17, 15) is 27.9 Å². The average molecular weight is 736 g/mol. The molecule has 5 aromatic rings. The summed E-state index contributed by atoms with van der Waals surface area (Å²) in [5, 5.41) is 15.8. The first kappa shape index (κ1) is 37.1. The number of aromatic nitrogens is 4. The van der Waals surface area contributed by atoms with E-state index in [1.807, 2.05) is 84.9 Å². The first-order chi connectivity index (χ1) is 25.5. The predicted molar refractivity (Wildman–Crippen MR) is 183 cm³/mol. The maximum absolute atomic E-state index is 12.7. The number of halogens is 3. The van der Waals surface area contributed by atoms with Crippen molar-refractivity contribution in [3.63, 3.8) is 0 Å². The number of aliphatic hydroxyl groups is 1. The number of nitrogens with one attached hydrogen (secondary N) is 2.